The number of nitro benzene ring substituents is 2. The molecule has 44 heavy (non-hydrogen) atoms. The van der Waals surface area contributed by atoms with E-state index in [0.717, 1.165) is 0 Å². The second-order valence-corrected chi connectivity index (χ2v) is 11.4. The molecule has 2 aromatic rings. The van der Waals surface area contributed by atoms with Crippen molar-refractivity contribution in [2.75, 3.05) is 19.6 Å². The Morgan fingerprint density at radius 2 is 1.52 bits per heavy atom. The van der Waals surface area contributed by atoms with Gasteiger partial charge in [0.25, 0.3) is 11.4 Å². The molecule has 0 aliphatic carbocycles. The van der Waals surface area contributed by atoms with E-state index in [1.54, 1.807) is 4.90 Å². The fraction of sp³-hybridized carbons (Fsp3) is 0.464. The van der Waals surface area contributed by atoms with E-state index >= 15 is 0 Å². The number of amides is 3. The molecule has 0 saturated carbocycles. The molecule has 2 aliphatic rings. The summed E-state index contributed by atoms with van der Waals surface area (Å²) in [5.74, 6) is -0.329. The van der Waals surface area contributed by atoms with Gasteiger partial charge < -0.3 is 29.7 Å². The third-order valence-corrected chi connectivity index (χ3v) is 7.88. The molecule has 236 valence electrons. The molecule has 2 unspecified atom stereocenters. The van der Waals surface area contributed by atoms with Gasteiger partial charge in [-0.1, -0.05) is 0 Å². The number of hydrogen-bond donors (Lipinski definition) is 3. The van der Waals surface area contributed by atoms with Crippen LogP contribution in [0.25, 0.3) is 0 Å². The lowest BCUT2D eigenvalue weighted by Crippen LogP contribution is -2.51. The zero-order valence-corrected chi connectivity index (χ0v) is 24.5. The third kappa shape index (κ3) is 8.79. The smallest absolute Gasteiger partial charge is 0.410 e. The van der Waals surface area contributed by atoms with Gasteiger partial charge in [0.05, 0.1) is 28.4 Å². The van der Waals surface area contributed by atoms with E-state index in [-0.39, 0.29) is 61.3 Å². The van der Waals surface area contributed by atoms with Crippen molar-refractivity contribution in [3.63, 3.8) is 0 Å². The van der Waals surface area contributed by atoms with Gasteiger partial charge in [0.15, 0.2) is 0 Å². The van der Waals surface area contributed by atoms with Crippen molar-refractivity contribution >= 4 is 42.1 Å². The fourth-order valence-electron chi connectivity index (χ4n) is 5.20. The molecule has 2 fully saturated rings. The minimum atomic E-state index is -1.17. The van der Waals surface area contributed by atoms with E-state index in [9.17, 15) is 39.7 Å². The lowest BCUT2D eigenvalue weighted by molar-refractivity contribution is -0.385. The Hall–Kier alpha value is -4.44. The highest BCUT2D eigenvalue weighted by Crippen LogP contribution is 2.27. The largest absolute Gasteiger partial charge is 0.445 e. The molecule has 3 amide bonds. The van der Waals surface area contributed by atoms with Crippen LogP contribution in [0.15, 0.2) is 48.5 Å². The highest BCUT2D eigenvalue weighted by molar-refractivity contribution is 7.81. The zero-order valence-electron chi connectivity index (χ0n) is 23.6. The van der Waals surface area contributed by atoms with Crippen molar-refractivity contribution in [1.29, 1.82) is 0 Å². The SMILES string of the molecule is O=C(NC1CCCN(C(=O)CC(O)[C@@H]2C[C@H](S)CN2C(=O)OCc2ccc([N+](=O)[O-])cc2)C1)OCc1ccc([N+](=O)[O-])cc1. The number of carbonyl (C=O) groups is 3. The first-order valence-corrected chi connectivity index (χ1v) is 14.5. The second kappa shape index (κ2) is 14.8. The number of rotatable bonds is 10. The summed E-state index contributed by atoms with van der Waals surface area (Å²) >= 11 is 4.46. The molecule has 0 radical (unpaired) electrons. The number of likely N-dealkylation sites (tertiary alicyclic amines) is 2. The topological polar surface area (TPSA) is 195 Å². The number of non-ortho nitro benzene ring substituents is 2. The van der Waals surface area contributed by atoms with Gasteiger partial charge in [-0.3, -0.25) is 25.0 Å². The number of nitrogens with one attached hydrogen (secondary N) is 1. The van der Waals surface area contributed by atoms with Gasteiger partial charge in [0, 0.05) is 55.2 Å². The highest BCUT2D eigenvalue weighted by atomic mass is 32.1. The van der Waals surface area contributed by atoms with Gasteiger partial charge in [-0.2, -0.15) is 12.6 Å². The number of benzene rings is 2. The Morgan fingerprint density at radius 3 is 2.09 bits per heavy atom. The van der Waals surface area contributed by atoms with Crippen molar-refractivity contribution in [3.05, 3.63) is 79.9 Å². The van der Waals surface area contributed by atoms with Crippen LogP contribution in [0.1, 0.15) is 36.8 Å². The van der Waals surface area contributed by atoms with Gasteiger partial charge in [-0.25, -0.2) is 9.59 Å². The summed E-state index contributed by atoms with van der Waals surface area (Å²) < 4.78 is 10.6. The maximum Gasteiger partial charge on any atom is 0.410 e. The number of aliphatic hydroxyl groups excluding tert-OH is 1. The van der Waals surface area contributed by atoms with Crippen LogP contribution >= 0.6 is 12.6 Å². The maximum absolute atomic E-state index is 13.1. The molecule has 15 nitrogen and oxygen atoms in total. The molecule has 2 saturated heterocycles. The number of carbonyl (C=O) groups excluding carboxylic acids is 3. The molecule has 2 heterocycles. The molecular weight excluding hydrogens is 598 g/mol. The number of hydrogen-bond acceptors (Lipinski definition) is 11. The standard InChI is InChI=1S/C28H33N5O10S/c34-25(24-12-23(44)15-31(24)28(37)43-17-19-5-9-22(10-6-19)33(40)41)13-26(35)30-11-1-2-20(14-30)29-27(36)42-16-18-3-7-21(8-4-18)32(38)39/h3-10,20,23-25,34,44H,1-2,11-17H2,(H,29,36)/t20?,23-,24-,25?/m0/s1. The van der Waals surface area contributed by atoms with Crippen molar-refractivity contribution in [3.8, 4) is 0 Å². The van der Waals surface area contributed by atoms with Crippen LogP contribution in [0.4, 0.5) is 21.0 Å². The summed E-state index contributed by atoms with van der Waals surface area (Å²) in [7, 11) is 0. The number of thiol groups is 1. The van der Waals surface area contributed by atoms with Gasteiger partial charge in [0.1, 0.15) is 13.2 Å². The molecule has 0 spiro atoms. The molecule has 2 aliphatic heterocycles. The molecule has 4 atom stereocenters. The molecule has 2 N–H and O–H groups in total. The number of aliphatic hydroxyl groups is 1. The molecule has 2 aromatic carbocycles. The predicted octanol–water partition coefficient (Wildman–Crippen LogP) is 3.18. The average molecular weight is 632 g/mol. The lowest BCUT2D eigenvalue weighted by Gasteiger charge is -2.34. The minimum absolute atomic E-state index is 0.0685. The number of piperidine rings is 1. The van der Waals surface area contributed by atoms with E-state index < -0.39 is 34.2 Å². The normalized spacial score (nSPS) is 20.5. The van der Waals surface area contributed by atoms with Gasteiger partial charge >= 0.3 is 12.2 Å². The summed E-state index contributed by atoms with van der Waals surface area (Å²) in [6.07, 6.45) is -1.19. The van der Waals surface area contributed by atoms with Crippen molar-refractivity contribution in [1.82, 2.24) is 15.1 Å². The Bertz CT molecular complexity index is 1360. The van der Waals surface area contributed by atoms with E-state index in [0.29, 0.717) is 36.9 Å². The first kappa shape index (κ1) is 32.5. The lowest BCUT2D eigenvalue weighted by atomic mass is 10.0. The second-order valence-electron chi connectivity index (χ2n) is 10.7. The van der Waals surface area contributed by atoms with Crippen LogP contribution in [0.5, 0.6) is 0 Å². The maximum atomic E-state index is 13.1. The molecular formula is C28H33N5O10S. The molecule has 16 heteroatoms. The summed E-state index contributed by atoms with van der Waals surface area (Å²) in [5, 5.41) is 35.1. The Kier molecular flexibility index (Phi) is 10.9. The molecule has 4 rings (SSSR count). The summed E-state index contributed by atoms with van der Waals surface area (Å²) in [6.45, 7) is 0.688. The number of ether oxygens (including phenoxy) is 2. The number of nitro groups is 2. The molecule has 0 aromatic heterocycles. The number of nitrogens with zero attached hydrogens (tertiary/aromatic N) is 4. The highest BCUT2D eigenvalue weighted by Gasteiger charge is 2.40. The first-order valence-electron chi connectivity index (χ1n) is 14.0. The van der Waals surface area contributed by atoms with Crippen LogP contribution in [0.2, 0.25) is 0 Å². The molecule has 0 bridgehead atoms. The Balaban J connectivity index is 1.24. The van der Waals surface area contributed by atoms with Crippen molar-refractivity contribution in [2.45, 2.75) is 62.3 Å². The van der Waals surface area contributed by atoms with E-state index in [1.165, 1.54) is 53.4 Å². The van der Waals surface area contributed by atoms with E-state index in [2.05, 4.69) is 17.9 Å². The van der Waals surface area contributed by atoms with Gasteiger partial charge in [-0.15, -0.1) is 0 Å². The first-order chi connectivity index (χ1) is 21.0. The van der Waals surface area contributed by atoms with Gasteiger partial charge in [0.2, 0.25) is 5.91 Å². The third-order valence-electron chi connectivity index (χ3n) is 7.51. The Labute approximate surface area is 257 Å². The van der Waals surface area contributed by atoms with Crippen LogP contribution in [-0.2, 0) is 27.5 Å². The zero-order chi connectivity index (χ0) is 31.8. The summed E-state index contributed by atoms with van der Waals surface area (Å²) in [6, 6.07) is 10.2. The van der Waals surface area contributed by atoms with Crippen molar-refractivity contribution in [2.24, 2.45) is 0 Å². The minimum Gasteiger partial charge on any atom is -0.445 e. The summed E-state index contributed by atoms with van der Waals surface area (Å²) in [5.41, 5.74) is 0.989. The van der Waals surface area contributed by atoms with Crippen LogP contribution in [0, 0.1) is 20.2 Å². The predicted molar refractivity (Wildman–Crippen MR) is 158 cm³/mol. The van der Waals surface area contributed by atoms with Crippen LogP contribution < -0.4 is 5.32 Å². The average Bonchev–Trinajstić information content (AvgIpc) is 3.41. The van der Waals surface area contributed by atoms with Crippen LogP contribution in [0.3, 0.4) is 0 Å². The van der Waals surface area contributed by atoms with Crippen LogP contribution in [-0.4, -0.2) is 85.9 Å². The van der Waals surface area contributed by atoms with E-state index in [1.807, 2.05) is 0 Å². The van der Waals surface area contributed by atoms with Gasteiger partial charge in [-0.05, 0) is 54.7 Å². The van der Waals surface area contributed by atoms with Crippen molar-refractivity contribution < 1.29 is 38.8 Å². The summed E-state index contributed by atoms with van der Waals surface area (Å²) in [4.78, 5) is 61.7. The number of alkyl carbamates (subject to hydrolysis) is 1. The Morgan fingerprint density at radius 1 is 0.955 bits per heavy atom. The fourth-order valence-corrected chi connectivity index (χ4v) is 5.59. The monoisotopic (exact) mass is 631 g/mol. The quantitative estimate of drug-likeness (QED) is 0.199. The van der Waals surface area contributed by atoms with E-state index in [4.69, 9.17) is 9.47 Å².